The number of ketones is 1. The van der Waals surface area contributed by atoms with Crippen molar-refractivity contribution in [2.24, 2.45) is 10.9 Å². The summed E-state index contributed by atoms with van der Waals surface area (Å²) in [4.78, 5) is 32.0. The Kier molecular flexibility index (Phi) is 17.1. The number of hydrogen-bond donors (Lipinski definition) is 2. The van der Waals surface area contributed by atoms with Crippen LogP contribution < -0.4 is 5.32 Å². The van der Waals surface area contributed by atoms with E-state index in [9.17, 15) is 14.7 Å². The summed E-state index contributed by atoms with van der Waals surface area (Å²) in [7, 11) is 3.85. The summed E-state index contributed by atoms with van der Waals surface area (Å²) < 4.78 is 0. The van der Waals surface area contributed by atoms with Gasteiger partial charge < -0.3 is 20.2 Å². The highest BCUT2D eigenvalue weighted by atomic mass is 16.3. The van der Waals surface area contributed by atoms with Gasteiger partial charge in [-0.3, -0.25) is 9.59 Å². The van der Waals surface area contributed by atoms with E-state index in [1.165, 1.54) is 6.08 Å². The van der Waals surface area contributed by atoms with Crippen LogP contribution in [0.5, 0.6) is 0 Å². The highest BCUT2D eigenvalue weighted by molar-refractivity contribution is 5.88. The molecule has 0 spiro atoms. The highest BCUT2D eigenvalue weighted by Crippen LogP contribution is 2.32. The van der Waals surface area contributed by atoms with Crippen LogP contribution in [0, 0.1) is 5.92 Å². The van der Waals surface area contributed by atoms with Gasteiger partial charge in [-0.1, -0.05) is 63.8 Å². The number of carbonyl (C=O) groups is 2. The molecule has 2 N–H and O–H groups in total. The second-order valence-corrected chi connectivity index (χ2v) is 9.74. The predicted octanol–water partition coefficient (Wildman–Crippen LogP) is 5.35. The van der Waals surface area contributed by atoms with E-state index in [1.54, 1.807) is 13.3 Å². The van der Waals surface area contributed by atoms with Crippen molar-refractivity contribution in [2.75, 3.05) is 40.3 Å². The molecule has 2 unspecified atom stereocenters. The fraction of sp³-hybridized carbons (Fsp3) is 0.485. The number of nitrogens with zero attached hydrogens (tertiary/aromatic N) is 3. The van der Waals surface area contributed by atoms with Crippen LogP contribution in [0.2, 0.25) is 0 Å². The van der Waals surface area contributed by atoms with Gasteiger partial charge in [-0.2, -0.15) is 0 Å². The lowest BCUT2D eigenvalue weighted by Crippen LogP contribution is -2.33. The Bertz CT molecular complexity index is 1060. The number of hydrogen-bond acceptors (Lipinski definition) is 6. The van der Waals surface area contributed by atoms with Gasteiger partial charge >= 0.3 is 0 Å². The summed E-state index contributed by atoms with van der Waals surface area (Å²) in [6.07, 6.45) is 13.7. The second kappa shape index (κ2) is 19.7. The largest absolute Gasteiger partial charge is 0.396 e. The average molecular weight is 551 g/mol. The van der Waals surface area contributed by atoms with Crippen LogP contribution in [0.1, 0.15) is 64.5 Å². The third-order valence-electron chi connectivity index (χ3n) is 6.79. The van der Waals surface area contributed by atoms with E-state index in [4.69, 9.17) is 0 Å². The van der Waals surface area contributed by atoms with Crippen molar-refractivity contribution in [3.05, 3.63) is 72.0 Å². The molecule has 7 heteroatoms. The summed E-state index contributed by atoms with van der Waals surface area (Å²) >= 11 is 0. The van der Waals surface area contributed by atoms with Gasteiger partial charge in [0.15, 0.2) is 0 Å². The lowest BCUT2D eigenvalue weighted by molar-refractivity contribution is -0.117. The van der Waals surface area contributed by atoms with Gasteiger partial charge in [0, 0.05) is 50.1 Å². The van der Waals surface area contributed by atoms with Crippen LogP contribution in [-0.2, 0) is 9.59 Å². The van der Waals surface area contributed by atoms with Gasteiger partial charge in [-0.15, -0.1) is 0 Å². The van der Waals surface area contributed by atoms with Crippen LogP contribution in [0.25, 0.3) is 11.3 Å². The van der Waals surface area contributed by atoms with Crippen molar-refractivity contribution in [1.82, 2.24) is 15.1 Å². The molecular weight excluding hydrogens is 500 g/mol. The van der Waals surface area contributed by atoms with Crippen molar-refractivity contribution < 1.29 is 14.7 Å². The fourth-order valence-corrected chi connectivity index (χ4v) is 4.65. The molecule has 40 heavy (non-hydrogen) atoms. The first-order chi connectivity index (χ1) is 19.3. The van der Waals surface area contributed by atoms with Crippen molar-refractivity contribution in [1.29, 1.82) is 0 Å². The number of benzene rings is 1. The minimum absolute atomic E-state index is 0.118. The Morgan fingerprint density at radius 3 is 2.52 bits per heavy atom. The molecule has 0 aromatic heterocycles. The molecule has 0 bridgehead atoms. The molecule has 220 valence electrons. The van der Waals surface area contributed by atoms with E-state index in [2.05, 4.69) is 46.9 Å². The maximum atomic E-state index is 11.7. The number of rotatable bonds is 17. The first-order valence-corrected chi connectivity index (χ1v) is 14.4. The molecule has 0 heterocycles. The standard InChI is InChI=1S/C31H44N4O3.C2H6/c1-6-27(15-19-36)34(5)23-33-31(16-20-37)30-10-8-7-9-29(30)24(2)21-26-11-13-28(14-12-26)35(18-17-32-4)22-25(3)38;1-2/h7-11,13-14,16,20,23,26-27,32,36H,2,6,12,15,17-19,21-22H2,1,3-5H3;1-2H3/b31-16-,33-23?;. The van der Waals surface area contributed by atoms with Gasteiger partial charge in [-0.05, 0) is 62.8 Å². The highest BCUT2D eigenvalue weighted by Gasteiger charge is 2.18. The summed E-state index contributed by atoms with van der Waals surface area (Å²) in [6.45, 7) is 14.2. The molecule has 0 fully saturated rings. The third kappa shape index (κ3) is 11.4. The van der Waals surface area contributed by atoms with Gasteiger partial charge in [0.2, 0.25) is 0 Å². The van der Waals surface area contributed by atoms with Crippen molar-refractivity contribution >= 4 is 29.7 Å². The summed E-state index contributed by atoms with van der Waals surface area (Å²) in [5.74, 6) is 0.439. The maximum absolute atomic E-state index is 11.7. The summed E-state index contributed by atoms with van der Waals surface area (Å²) in [5.41, 5.74) is 4.47. The molecule has 1 aliphatic rings. The van der Waals surface area contributed by atoms with Crippen LogP contribution in [0.15, 0.2) is 65.8 Å². The number of aldehydes is 1. The molecule has 0 aliphatic heterocycles. The maximum Gasteiger partial charge on any atom is 0.149 e. The summed E-state index contributed by atoms with van der Waals surface area (Å²) in [5, 5.41) is 12.5. The molecule has 0 amide bonds. The quantitative estimate of drug-likeness (QED) is 0.118. The predicted molar refractivity (Wildman–Crippen MR) is 169 cm³/mol. The summed E-state index contributed by atoms with van der Waals surface area (Å²) in [6, 6.07) is 8.08. The second-order valence-electron chi connectivity index (χ2n) is 9.74. The molecule has 2 rings (SSSR count). The number of aliphatic hydroxyl groups excluding tert-OH is 1. The number of aliphatic imine (C=N–C) groups is 1. The zero-order chi connectivity index (χ0) is 29.9. The van der Waals surface area contributed by atoms with Crippen molar-refractivity contribution in [3.63, 3.8) is 0 Å². The van der Waals surface area contributed by atoms with Gasteiger partial charge in [0.05, 0.1) is 18.6 Å². The molecule has 0 saturated heterocycles. The third-order valence-corrected chi connectivity index (χ3v) is 6.79. The fourth-order valence-electron chi connectivity index (χ4n) is 4.65. The molecular formula is C33H50N4O3. The number of allylic oxidation sites excluding steroid dienone is 5. The molecule has 1 aromatic rings. The topological polar surface area (TPSA) is 85.2 Å². The van der Waals surface area contributed by atoms with E-state index in [-0.39, 0.29) is 18.4 Å². The zero-order valence-corrected chi connectivity index (χ0v) is 25.4. The molecule has 1 aromatic carbocycles. The van der Waals surface area contributed by atoms with E-state index < -0.39 is 0 Å². The number of nitrogens with one attached hydrogen (secondary N) is 1. The van der Waals surface area contributed by atoms with Gasteiger partial charge in [0.1, 0.15) is 12.1 Å². The van der Waals surface area contributed by atoms with Crippen LogP contribution in [0.3, 0.4) is 0 Å². The molecule has 0 saturated carbocycles. The van der Waals surface area contributed by atoms with E-state index in [0.717, 1.165) is 61.0 Å². The lowest BCUT2D eigenvalue weighted by atomic mass is 9.87. The minimum atomic E-state index is 0.118. The van der Waals surface area contributed by atoms with Crippen LogP contribution >= 0.6 is 0 Å². The average Bonchev–Trinajstić information content (AvgIpc) is 2.97. The Hall–Kier alpha value is -3.29. The number of carbonyl (C=O) groups excluding carboxylic acids is 2. The van der Waals surface area contributed by atoms with Crippen LogP contribution in [-0.4, -0.2) is 79.7 Å². The van der Waals surface area contributed by atoms with Crippen LogP contribution in [0.4, 0.5) is 0 Å². The monoisotopic (exact) mass is 550 g/mol. The van der Waals surface area contributed by atoms with E-state index in [1.807, 2.05) is 57.1 Å². The number of Topliss-reactive ketones (excluding diaryl/α,β-unsaturated/α-hetero) is 1. The number of likely N-dealkylation sites (N-methyl/N-ethyl adjacent to an activating group) is 1. The van der Waals surface area contributed by atoms with E-state index >= 15 is 0 Å². The van der Waals surface area contributed by atoms with Crippen molar-refractivity contribution in [2.45, 2.75) is 59.4 Å². The van der Waals surface area contributed by atoms with E-state index in [0.29, 0.717) is 24.6 Å². The van der Waals surface area contributed by atoms with Gasteiger partial charge in [-0.25, -0.2) is 4.99 Å². The molecule has 0 radical (unpaired) electrons. The minimum Gasteiger partial charge on any atom is -0.396 e. The normalized spacial score (nSPS) is 15.6. The first-order valence-electron chi connectivity index (χ1n) is 14.4. The first kappa shape index (κ1) is 34.7. The number of aliphatic hydroxyl groups is 1. The Labute approximate surface area is 242 Å². The molecule has 1 aliphatic carbocycles. The molecule has 2 atom stereocenters. The Morgan fingerprint density at radius 1 is 1.27 bits per heavy atom. The Morgan fingerprint density at radius 2 is 1.98 bits per heavy atom. The lowest BCUT2D eigenvalue weighted by Gasteiger charge is -2.28. The zero-order valence-electron chi connectivity index (χ0n) is 25.4. The Balaban J connectivity index is 0.00000391. The molecule has 7 nitrogen and oxygen atoms in total. The van der Waals surface area contributed by atoms with Crippen molar-refractivity contribution in [3.8, 4) is 0 Å². The smallest absolute Gasteiger partial charge is 0.149 e. The SMILES string of the molecule is C=C(CC1C=CC(N(CCNC)CC(C)=O)=CC1)c1ccccc1/C(=C/C=O)N=CN(C)C(CC)CCO.CC. The van der Waals surface area contributed by atoms with Gasteiger partial charge in [0.25, 0.3) is 0 Å².